The van der Waals surface area contributed by atoms with E-state index in [0.717, 1.165) is 36.3 Å². The lowest BCUT2D eigenvalue weighted by atomic mass is 9.97. The maximum Gasteiger partial charge on any atom is 0.282 e. The molecule has 3 aromatic rings. The minimum atomic E-state index is -0.245. The second kappa shape index (κ2) is 9.27. The second-order valence-electron chi connectivity index (χ2n) is 9.07. The fourth-order valence-electron chi connectivity index (χ4n) is 4.93. The number of hydrogen-bond donors (Lipinski definition) is 0. The van der Waals surface area contributed by atoms with E-state index < -0.39 is 0 Å². The Morgan fingerprint density at radius 3 is 2.03 bits per heavy atom. The minimum Gasteiger partial charge on any atom is -0.364 e. The van der Waals surface area contributed by atoms with E-state index in [4.69, 9.17) is 0 Å². The summed E-state index contributed by atoms with van der Waals surface area (Å²) in [5, 5.41) is 0. The van der Waals surface area contributed by atoms with Crippen LogP contribution in [0.4, 0.5) is 5.69 Å². The number of benzene rings is 3. The van der Waals surface area contributed by atoms with E-state index in [2.05, 4.69) is 40.1 Å². The maximum absolute atomic E-state index is 13.7. The molecule has 0 radical (unpaired) electrons. The van der Waals surface area contributed by atoms with Crippen molar-refractivity contribution in [3.8, 4) is 0 Å². The van der Waals surface area contributed by atoms with E-state index in [1.807, 2.05) is 62.4 Å². The summed E-state index contributed by atoms with van der Waals surface area (Å²) in [6, 6.07) is 25.7. The largest absolute Gasteiger partial charge is 0.364 e. The third kappa shape index (κ3) is 4.15. The van der Waals surface area contributed by atoms with Crippen molar-refractivity contribution in [2.75, 3.05) is 31.1 Å². The summed E-state index contributed by atoms with van der Waals surface area (Å²) in [6.07, 6.45) is 0. The number of para-hydroxylation sites is 1. The van der Waals surface area contributed by atoms with Crippen molar-refractivity contribution in [2.45, 2.75) is 20.4 Å². The first-order valence-electron chi connectivity index (χ1n) is 11.8. The summed E-state index contributed by atoms with van der Waals surface area (Å²) in [6.45, 7) is 8.03. The SMILES string of the molecule is Cc1ccc(C2=C(N3CCN(Cc4ccccc4)CC3)C(=O)N(c3ccccc3)C2=O)c(C)c1. The highest BCUT2D eigenvalue weighted by atomic mass is 16.2. The lowest BCUT2D eigenvalue weighted by Crippen LogP contribution is -2.47. The molecule has 0 aliphatic carbocycles. The van der Waals surface area contributed by atoms with Gasteiger partial charge in [0.1, 0.15) is 5.70 Å². The van der Waals surface area contributed by atoms with Crippen LogP contribution in [0.25, 0.3) is 5.57 Å². The highest BCUT2D eigenvalue weighted by molar-refractivity contribution is 6.45. The van der Waals surface area contributed by atoms with Crippen LogP contribution in [0.3, 0.4) is 0 Å². The van der Waals surface area contributed by atoms with Crippen LogP contribution in [0.5, 0.6) is 0 Å². The van der Waals surface area contributed by atoms with E-state index in [-0.39, 0.29) is 11.8 Å². The van der Waals surface area contributed by atoms with Crippen molar-refractivity contribution >= 4 is 23.1 Å². The number of hydrogen-bond acceptors (Lipinski definition) is 4. The van der Waals surface area contributed by atoms with Gasteiger partial charge in [0.25, 0.3) is 11.8 Å². The van der Waals surface area contributed by atoms with E-state index in [0.29, 0.717) is 30.0 Å². The van der Waals surface area contributed by atoms with Gasteiger partial charge in [0.05, 0.1) is 11.3 Å². The van der Waals surface area contributed by atoms with Crippen LogP contribution in [0.2, 0.25) is 0 Å². The minimum absolute atomic E-state index is 0.234. The van der Waals surface area contributed by atoms with Crippen molar-refractivity contribution in [2.24, 2.45) is 0 Å². The quantitative estimate of drug-likeness (QED) is 0.539. The van der Waals surface area contributed by atoms with Gasteiger partial charge in [-0.3, -0.25) is 14.5 Å². The zero-order valence-corrected chi connectivity index (χ0v) is 19.7. The summed E-state index contributed by atoms with van der Waals surface area (Å²) < 4.78 is 0. The fraction of sp³-hybridized carbons (Fsp3) is 0.241. The topological polar surface area (TPSA) is 43.9 Å². The predicted molar refractivity (Wildman–Crippen MR) is 135 cm³/mol. The van der Waals surface area contributed by atoms with Crippen molar-refractivity contribution in [1.29, 1.82) is 0 Å². The molecule has 2 heterocycles. The molecule has 2 aliphatic heterocycles. The summed E-state index contributed by atoms with van der Waals surface area (Å²) in [7, 11) is 0. The lowest BCUT2D eigenvalue weighted by Gasteiger charge is -2.36. The third-order valence-corrected chi connectivity index (χ3v) is 6.66. The lowest BCUT2D eigenvalue weighted by molar-refractivity contribution is -0.120. The van der Waals surface area contributed by atoms with Gasteiger partial charge < -0.3 is 4.90 Å². The van der Waals surface area contributed by atoms with Crippen molar-refractivity contribution < 1.29 is 9.59 Å². The van der Waals surface area contributed by atoms with Gasteiger partial charge in [-0.25, -0.2) is 4.90 Å². The fourth-order valence-corrected chi connectivity index (χ4v) is 4.93. The summed E-state index contributed by atoms with van der Waals surface area (Å²) >= 11 is 0. The number of piperazine rings is 1. The van der Waals surface area contributed by atoms with Crippen molar-refractivity contribution in [3.63, 3.8) is 0 Å². The first-order chi connectivity index (χ1) is 16.5. The number of aryl methyl sites for hydroxylation is 2. The van der Waals surface area contributed by atoms with Gasteiger partial charge in [0, 0.05) is 32.7 Å². The van der Waals surface area contributed by atoms with Gasteiger partial charge in [0.15, 0.2) is 0 Å². The number of imide groups is 1. The number of carbonyl (C=O) groups excluding carboxylic acids is 2. The summed E-state index contributed by atoms with van der Waals surface area (Å²) in [5.41, 5.74) is 5.92. The average molecular weight is 452 g/mol. The molecule has 2 aliphatic rings. The number of amides is 2. The highest BCUT2D eigenvalue weighted by Crippen LogP contribution is 2.36. The van der Waals surface area contributed by atoms with Crippen LogP contribution in [-0.2, 0) is 16.1 Å². The number of nitrogens with zero attached hydrogens (tertiary/aromatic N) is 3. The Balaban J connectivity index is 1.47. The molecule has 0 saturated carbocycles. The van der Waals surface area contributed by atoms with E-state index in [1.165, 1.54) is 10.5 Å². The smallest absolute Gasteiger partial charge is 0.282 e. The molecule has 0 N–H and O–H groups in total. The van der Waals surface area contributed by atoms with Gasteiger partial charge in [-0.1, -0.05) is 72.3 Å². The molecule has 5 heteroatoms. The molecule has 34 heavy (non-hydrogen) atoms. The Kier molecular flexibility index (Phi) is 6.03. The molecule has 1 fully saturated rings. The Morgan fingerprint density at radius 2 is 1.38 bits per heavy atom. The first-order valence-corrected chi connectivity index (χ1v) is 11.8. The number of anilines is 1. The molecule has 5 rings (SSSR count). The number of rotatable bonds is 5. The third-order valence-electron chi connectivity index (χ3n) is 6.66. The molecule has 0 spiro atoms. The monoisotopic (exact) mass is 451 g/mol. The zero-order valence-electron chi connectivity index (χ0n) is 19.7. The van der Waals surface area contributed by atoms with Gasteiger partial charge in [-0.05, 0) is 42.7 Å². The van der Waals surface area contributed by atoms with Gasteiger partial charge >= 0.3 is 0 Å². The molecule has 0 bridgehead atoms. The molecule has 172 valence electrons. The standard InChI is InChI=1S/C29H29N3O2/c1-21-13-14-25(22(2)19-21)26-27(29(34)32(28(26)33)24-11-7-4-8-12-24)31-17-15-30(16-18-31)20-23-9-5-3-6-10-23/h3-14,19H,15-18,20H2,1-2H3. The molecular formula is C29H29N3O2. The van der Waals surface area contributed by atoms with Crippen molar-refractivity contribution in [1.82, 2.24) is 9.80 Å². The van der Waals surface area contributed by atoms with Gasteiger partial charge in [-0.2, -0.15) is 0 Å². The molecule has 0 aromatic heterocycles. The molecule has 5 nitrogen and oxygen atoms in total. The normalized spacial score (nSPS) is 17.1. The zero-order chi connectivity index (χ0) is 23.7. The molecule has 0 atom stereocenters. The van der Waals surface area contributed by atoms with Crippen LogP contribution in [-0.4, -0.2) is 47.8 Å². The summed E-state index contributed by atoms with van der Waals surface area (Å²) in [5.74, 6) is -0.479. The Labute approximate surface area is 200 Å². The van der Waals surface area contributed by atoms with E-state index >= 15 is 0 Å². The Bertz CT molecular complexity index is 1240. The van der Waals surface area contributed by atoms with Gasteiger partial charge in [0.2, 0.25) is 0 Å². The Morgan fingerprint density at radius 1 is 0.735 bits per heavy atom. The van der Waals surface area contributed by atoms with E-state index in [9.17, 15) is 9.59 Å². The van der Waals surface area contributed by atoms with Crippen LogP contribution in [0.15, 0.2) is 84.6 Å². The maximum atomic E-state index is 13.7. The van der Waals surface area contributed by atoms with Crippen molar-refractivity contribution in [3.05, 3.63) is 107 Å². The molecule has 2 amide bonds. The Hall–Kier alpha value is -3.70. The molecule has 3 aromatic carbocycles. The second-order valence-corrected chi connectivity index (χ2v) is 9.07. The molecule has 0 unspecified atom stereocenters. The summed E-state index contributed by atoms with van der Waals surface area (Å²) in [4.78, 5) is 33.3. The van der Waals surface area contributed by atoms with Crippen LogP contribution in [0.1, 0.15) is 22.3 Å². The average Bonchev–Trinajstić information content (AvgIpc) is 3.10. The highest BCUT2D eigenvalue weighted by Gasteiger charge is 2.43. The number of carbonyl (C=O) groups is 2. The predicted octanol–water partition coefficient (Wildman–Crippen LogP) is 4.41. The van der Waals surface area contributed by atoms with Crippen LogP contribution in [0, 0.1) is 13.8 Å². The van der Waals surface area contributed by atoms with E-state index in [1.54, 1.807) is 0 Å². The van der Waals surface area contributed by atoms with Crippen LogP contribution < -0.4 is 4.90 Å². The van der Waals surface area contributed by atoms with Crippen LogP contribution >= 0.6 is 0 Å². The first kappa shape index (κ1) is 22.1. The van der Waals surface area contributed by atoms with Gasteiger partial charge in [-0.15, -0.1) is 0 Å². The molecule has 1 saturated heterocycles. The molecular weight excluding hydrogens is 422 g/mol.